The Morgan fingerprint density at radius 2 is 1.70 bits per heavy atom. The van der Waals surface area contributed by atoms with Crippen molar-refractivity contribution >= 4 is 57.8 Å². The highest BCUT2D eigenvalue weighted by molar-refractivity contribution is 7.82. The molecule has 0 bridgehead atoms. The lowest BCUT2D eigenvalue weighted by Crippen LogP contribution is -2.45. The van der Waals surface area contributed by atoms with Gasteiger partial charge in [0.15, 0.2) is 0 Å². The van der Waals surface area contributed by atoms with E-state index in [0.29, 0.717) is 22.9 Å². The number of hydrogen-bond acceptors (Lipinski definition) is 4. The van der Waals surface area contributed by atoms with Crippen LogP contribution in [0.25, 0.3) is 0 Å². The number of rotatable bonds is 6. The van der Waals surface area contributed by atoms with Gasteiger partial charge >= 0.3 is 12.1 Å². The van der Waals surface area contributed by atoms with E-state index in [9.17, 15) is 22.8 Å². The van der Waals surface area contributed by atoms with Crippen LogP contribution in [0.2, 0.25) is 0 Å². The number of nitrogens with zero attached hydrogens (tertiary/aromatic N) is 2. The highest BCUT2D eigenvalue weighted by Gasteiger charge is 2.32. The van der Waals surface area contributed by atoms with E-state index in [4.69, 9.17) is 29.5 Å². The van der Waals surface area contributed by atoms with Crippen molar-refractivity contribution in [2.24, 2.45) is 10.9 Å². The summed E-state index contributed by atoms with van der Waals surface area (Å²) in [4.78, 5) is 30.0. The SMILES string of the molecule is CN1C(=S)C(CC(=O)O)C(=S)N=C1Cc1ccc(NC(=O)c2ccc(C(F)(F)F)cc2)cc1. The number of halogens is 3. The van der Waals surface area contributed by atoms with Gasteiger partial charge in [0.05, 0.1) is 22.9 Å². The summed E-state index contributed by atoms with van der Waals surface area (Å²) in [5.41, 5.74) is 0.584. The molecule has 2 aromatic rings. The number of benzene rings is 2. The molecule has 172 valence electrons. The van der Waals surface area contributed by atoms with Crippen LogP contribution in [-0.4, -0.2) is 44.7 Å². The van der Waals surface area contributed by atoms with Gasteiger partial charge in [-0.15, -0.1) is 0 Å². The summed E-state index contributed by atoms with van der Waals surface area (Å²) < 4.78 is 38.0. The minimum atomic E-state index is -4.47. The zero-order chi connectivity index (χ0) is 24.3. The molecule has 1 unspecified atom stereocenters. The number of carboxylic acid groups (broad SMARTS) is 1. The van der Waals surface area contributed by atoms with Gasteiger partial charge in [-0.05, 0) is 42.0 Å². The molecule has 2 N–H and O–H groups in total. The fourth-order valence-electron chi connectivity index (χ4n) is 3.16. The molecule has 0 aromatic heterocycles. The fraction of sp³-hybridized carbons (Fsp3) is 0.227. The number of aliphatic carboxylic acids is 1. The first kappa shape index (κ1) is 24.5. The van der Waals surface area contributed by atoms with E-state index in [1.165, 1.54) is 0 Å². The van der Waals surface area contributed by atoms with Crippen LogP contribution in [0, 0.1) is 5.92 Å². The lowest BCUT2D eigenvalue weighted by atomic mass is 10.0. The minimum absolute atomic E-state index is 0.100. The Hall–Kier alpha value is -3.18. The summed E-state index contributed by atoms with van der Waals surface area (Å²) in [6, 6.07) is 10.8. The molecule has 0 spiro atoms. The van der Waals surface area contributed by atoms with Crippen LogP contribution in [0.5, 0.6) is 0 Å². The molecule has 1 aliphatic heterocycles. The Balaban J connectivity index is 1.66. The Bertz CT molecular complexity index is 1130. The van der Waals surface area contributed by atoms with Crippen LogP contribution in [0.15, 0.2) is 53.5 Å². The smallest absolute Gasteiger partial charge is 0.416 e. The molecule has 2 aromatic carbocycles. The van der Waals surface area contributed by atoms with Crippen molar-refractivity contribution in [2.75, 3.05) is 12.4 Å². The van der Waals surface area contributed by atoms with Gasteiger partial charge in [-0.25, -0.2) is 4.99 Å². The second-order valence-electron chi connectivity index (χ2n) is 7.32. The van der Waals surface area contributed by atoms with Gasteiger partial charge in [-0.3, -0.25) is 9.59 Å². The van der Waals surface area contributed by atoms with Crippen molar-refractivity contribution in [1.29, 1.82) is 0 Å². The first-order valence-electron chi connectivity index (χ1n) is 9.64. The fourth-order valence-corrected chi connectivity index (χ4v) is 3.83. The normalized spacial score (nSPS) is 16.4. The van der Waals surface area contributed by atoms with Gasteiger partial charge in [-0.2, -0.15) is 13.2 Å². The summed E-state index contributed by atoms with van der Waals surface area (Å²) in [5, 5.41) is 11.7. The van der Waals surface area contributed by atoms with E-state index in [-0.39, 0.29) is 17.0 Å². The van der Waals surface area contributed by atoms with Crippen LogP contribution in [-0.2, 0) is 17.4 Å². The molecule has 0 radical (unpaired) electrons. The third kappa shape index (κ3) is 5.99. The summed E-state index contributed by atoms with van der Waals surface area (Å²) in [6.45, 7) is 0. The summed E-state index contributed by atoms with van der Waals surface area (Å²) in [6.07, 6.45) is -4.30. The standard InChI is InChI=1S/C22H18F3N3O3S2/c1-28-17(27-20(32)16(21(28)33)11-18(29)30)10-12-2-8-15(9-3-12)26-19(31)13-4-6-14(7-5-13)22(23,24)25/h2-9,16H,10-11H2,1H3,(H,26,31)(H,29,30). The Labute approximate surface area is 198 Å². The van der Waals surface area contributed by atoms with Crippen molar-refractivity contribution in [3.05, 3.63) is 65.2 Å². The van der Waals surface area contributed by atoms with Crippen molar-refractivity contribution < 1.29 is 27.9 Å². The molecule has 3 rings (SSSR count). The monoisotopic (exact) mass is 493 g/mol. The van der Waals surface area contributed by atoms with Gasteiger partial charge in [0.25, 0.3) is 5.91 Å². The Morgan fingerprint density at radius 1 is 1.09 bits per heavy atom. The van der Waals surface area contributed by atoms with E-state index in [0.717, 1.165) is 29.8 Å². The van der Waals surface area contributed by atoms with Crippen molar-refractivity contribution in [1.82, 2.24) is 4.90 Å². The van der Waals surface area contributed by atoms with Gasteiger partial charge in [0.1, 0.15) is 10.8 Å². The second kappa shape index (κ2) is 9.75. The third-order valence-corrected chi connectivity index (χ3v) is 5.91. The molecule has 0 saturated heterocycles. The predicted molar refractivity (Wildman–Crippen MR) is 126 cm³/mol. The van der Waals surface area contributed by atoms with Crippen LogP contribution in [0.3, 0.4) is 0 Å². The van der Waals surface area contributed by atoms with Crippen LogP contribution in [0.4, 0.5) is 18.9 Å². The number of alkyl halides is 3. The number of aliphatic imine (C=N–C) groups is 1. The first-order chi connectivity index (χ1) is 15.5. The molecule has 0 fully saturated rings. The van der Waals surface area contributed by atoms with E-state index >= 15 is 0 Å². The number of carbonyl (C=O) groups excluding carboxylic acids is 1. The van der Waals surface area contributed by atoms with Gasteiger partial charge in [0, 0.05) is 24.7 Å². The molecule has 0 saturated carbocycles. The van der Waals surface area contributed by atoms with Crippen LogP contribution < -0.4 is 5.32 Å². The van der Waals surface area contributed by atoms with Crippen LogP contribution >= 0.6 is 24.4 Å². The van der Waals surface area contributed by atoms with Gasteiger partial charge in [-0.1, -0.05) is 36.6 Å². The zero-order valence-electron chi connectivity index (χ0n) is 17.2. The number of hydrogen-bond donors (Lipinski definition) is 2. The number of nitrogens with one attached hydrogen (secondary N) is 1. The van der Waals surface area contributed by atoms with Gasteiger partial charge < -0.3 is 15.3 Å². The summed E-state index contributed by atoms with van der Waals surface area (Å²) in [7, 11) is 1.70. The van der Waals surface area contributed by atoms with E-state index in [1.807, 2.05) is 0 Å². The lowest BCUT2D eigenvalue weighted by molar-refractivity contribution is -0.138. The average molecular weight is 494 g/mol. The predicted octanol–water partition coefficient (Wildman–Crippen LogP) is 4.59. The molecular weight excluding hydrogens is 475 g/mol. The highest BCUT2D eigenvalue weighted by atomic mass is 32.1. The zero-order valence-corrected chi connectivity index (χ0v) is 18.9. The molecule has 1 atom stereocenters. The number of amides is 1. The third-order valence-electron chi connectivity index (χ3n) is 4.98. The highest BCUT2D eigenvalue weighted by Crippen LogP contribution is 2.29. The summed E-state index contributed by atoms with van der Waals surface area (Å²) in [5.74, 6) is -1.57. The van der Waals surface area contributed by atoms with Crippen molar-refractivity contribution in [3.63, 3.8) is 0 Å². The Morgan fingerprint density at radius 3 is 2.24 bits per heavy atom. The number of anilines is 1. The molecular formula is C22H18F3N3O3S2. The maximum absolute atomic E-state index is 12.7. The number of carboxylic acids is 1. The number of carbonyl (C=O) groups is 2. The number of likely N-dealkylation sites (N-methyl/N-ethyl adjacent to an activating group) is 1. The molecule has 33 heavy (non-hydrogen) atoms. The summed E-state index contributed by atoms with van der Waals surface area (Å²) >= 11 is 10.6. The Kier molecular flexibility index (Phi) is 7.23. The molecule has 1 amide bonds. The molecule has 0 aliphatic carbocycles. The van der Waals surface area contributed by atoms with E-state index < -0.39 is 29.5 Å². The average Bonchev–Trinajstić information content (AvgIpc) is 2.75. The molecule has 6 nitrogen and oxygen atoms in total. The minimum Gasteiger partial charge on any atom is -0.481 e. The maximum Gasteiger partial charge on any atom is 0.416 e. The topological polar surface area (TPSA) is 82.0 Å². The van der Waals surface area contributed by atoms with Gasteiger partial charge in [0.2, 0.25) is 0 Å². The van der Waals surface area contributed by atoms with Crippen molar-refractivity contribution in [2.45, 2.75) is 19.0 Å². The van der Waals surface area contributed by atoms with Crippen molar-refractivity contribution in [3.8, 4) is 0 Å². The van der Waals surface area contributed by atoms with E-state index in [1.54, 1.807) is 36.2 Å². The lowest BCUT2D eigenvalue weighted by Gasteiger charge is -2.31. The maximum atomic E-state index is 12.7. The quantitative estimate of drug-likeness (QED) is 0.573. The largest absolute Gasteiger partial charge is 0.481 e. The molecule has 1 aliphatic rings. The van der Waals surface area contributed by atoms with Crippen LogP contribution in [0.1, 0.15) is 27.9 Å². The van der Waals surface area contributed by atoms with E-state index in [2.05, 4.69) is 10.3 Å². The number of amidine groups is 1. The molecule has 1 heterocycles. The second-order valence-corrected chi connectivity index (χ2v) is 8.15. The molecule has 11 heteroatoms. The number of thiocarbonyl (C=S) groups is 2. The first-order valence-corrected chi connectivity index (χ1v) is 10.5.